The van der Waals surface area contributed by atoms with Crippen LogP contribution in [0.5, 0.6) is 0 Å². The van der Waals surface area contributed by atoms with Gasteiger partial charge in [0.25, 0.3) is 12.3 Å². The van der Waals surface area contributed by atoms with Crippen molar-refractivity contribution in [1.82, 2.24) is 19.8 Å². The lowest BCUT2D eigenvalue weighted by molar-refractivity contribution is 0.0753. The first-order valence-corrected chi connectivity index (χ1v) is 17.6. The van der Waals surface area contributed by atoms with Crippen LogP contribution in [0.25, 0.3) is 11.0 Å². The quantitative estimate of drug-likeness (QED) is 0.123. The van der Waals surface area contributed by atoms with E-state index in [4.69, 9.17) is 4.74 Å². The number of hydrogen-bond acceptors (Lipinski definition) is 6. The highest BCUT2D eigenvalue weighted by Gasteiger charge is 2.36. The Morgan fingerprint density at radius 1 is 1.04 bits per heavy atom. The van der Waals surface area contributed by atoms with Gasteiger partial charge in [-0.25, -0.2) is 13.8 Å². The molecule has 0 atom stereocenters. The average Bonchev–Trinajstić information content (AvgIpc) is 3.43. The zero-order valence-corrected chi connectivity index (χ0v) is 28.4. The molecule has 2 aromatic rings. The fraction of sp³-hybridized carbons (Fsp3) is 0.750. The Balaban J connectivity index is 1.26. The maximum atomic E-state index is 13.3. The van der Waals surface area contributed by atoms with E-state index in [-0.39, 0.29) is 25.0 Å². The average molecular weight is 643 g/mol. The first kappa shape index (κ1) is 36.1. The fourth-order valence-electron chi connectivity index (χ4n) is 7.01. The molecule has 1 saturated carbocycles. The molecule has 3 heterocycles. The molecule has 0 bridgehead atoms. The summed E-state index contributed by atoms with van der Waals surface area (Å²) in [5.41, 5.74) is 2.66. The monoisotopic (exact) mass is 642 g/mol. The summed E-state index contributed by atoms with van der Waals surface area (Å²) in [6.07, 6.45) is 17.8. The predicted octanol–water partition coefficient (Wildman–Crippen LogP) is 8.11. The van der Waals surface area contributed by atoms with Crippen LogP contribution >= 0.6 is 0 Å². The molecule has 1 aliphatic carbocycles. The highest BCUT2D eigenvalue weighted by Crippen LogP contribution is 2.39. The molecule has 1 N–H and O–H groups in total. The SMILES string of the molecule is CC(C)(C)CCCCCCCCCCCOCn1ccc2c3c(cnc21)C(=O)N(CC#N)CN3C1CCC(CNCC(F)F)CC1. The van der Waals surface area contributed by atoms with Crippen molar-refractivity contribution < 1.29 is 18.3 Å². The van der Waals surface area contributed by atoms with Crippen LogP contribution in [0.15, 0.2) is 18.5 Å². The number of fused-ring (bicyclic) bond motifs is 3. The molecule has 2 aliphatic rings. The smallest absolute Gasteiger partial charge is 0.259 e. The maximum absolute atomic E-state index is 13.3. The molecule has 1 aliphatic heterocycles. The van der Waals surface area contributed by atoms with Crippen molar-refractivity contribution in [2.45, 2.75) is 130 Å². The van der Waals surface area contributed by atoms with E-state index in [0.29, 0.717) is 43.4 Å². The van der Waals surface area contributed by atoms with Gasteiger partial charge < -0.3 is 24.4 Å². The van der Waals surface area contributed by atoms with Gasteiger partial charge in [-0.2, -0.15) is 5.26 Å². The molecular formula is C36H56F2N6O2. The zero-order valence-electron chi connectivity index (χ0n) is 28.4. The van der Waals surface area contributed by atoms with Crippen LogP contribution in [0.4, 0.5) is 14.5 Å². The molecule has 0 saturated heterocycles. The number of nitrogens with zero attached hydrogens (tertiary/aromatic N) is 5. The van der Waals surface area contributed by atoms with Gasteiger partial charge in [-0.1, -0.05) is 72.1 Å². The van der Waals surface area contributed by atoms with Crippen molar-refractivity contribution in [3.8, 4) is 6.07 Å². The minimum Gasteiger partial charge on any atom is -0.361 e. The minimum absolute atomic E-state index is 0.0201. The Kier molecular flexibility index (Phi) is 14.1. The molecule has 4 rings (SSSR count). The zero-order chi connectivity index (χ0) is 32.9. The fourth-order valence-corrected chi connectivity index (χ4v) is 7.01. The van der Waals surface area contributed by atoms with Crippen molar-refractivity contribution in [3.63, 3.8) is 0 Å². The van der Waals surface area contributed by atoms with Gasteiger partial charge in [-0.3, -0.25) is 4.79 Å². The molecule has 1 fully saturated rings. The molecule has 256 valence electrons. The Hall–Kier alpha value is -2.77. The largest absolute Gasteiger partial charge is 0.361 e. The minimum atomic E-state index is -2.34. The molecule has 0 aromatic carbocycles. The second kappa shape index (κ2) is 18.0. The molecule has 0 spiro atoms. The number of nitriles is 1. The summed E-state index contributed by atoms with van der Waals surface area (Å²) in [7, 11) is 0. The summed E-state index contributed by atoms with van der Waals surface area (Å²) in [5, 5.41) is 13.2. The number of alkyl halides is 2. The van der Waals surface area contributed by atoms with Crippen molar-refractivity contribution in [3.05, 3.63) is 24.0 Å². The molecule has 0 radical (unpaired) electrons. The van der Waals surface area contributed by atoms with Gasteiger partial charge in [-0.05, 0) is 62.5 Å². The third kappa shape index (κ3) is 10.6. The summed E-state index contributed by atoms with van der Waals surface area (Å²) in [4.78, 5) is 21.9. The summed E-state index contributed by atoms with van der Waals surface area (Å²) >= 11 is 0. The molecule has 0 unspecified atom stereocenters. The van der Waals surface area contributed by atoms with E-state index >= 15 is 0 Å². The number of halogens is 2. The summed E-state index contributed by atoms with van der Waals surface area (Å²) in [6.45, 7) is 8.80. The number of unbranched alkanes of at least 4 members (excludes halogenated alkanes) is 8. The lowest BCUT2D eigenvalue weighted by Gasteiger charge is -2.44. The van der Waals surface area contributed by atoms with Crippen molar-refractivity contribution in [2.75, 3.05) is 37.8 Å². The highest BCUT2D eigenvalue weighted by molar-refractivity contribution is 6.08. The summed E-state index contributed by atoms with van der Waals surface area (Å²) in [5.74, 6) is 0.191. The Labute approximate surface area is 274 Å². The van der Waals surface area contributed by atoms with Crippen LogP contribution < -0.4 is 10.2 Å². The molecule has 46 heavy (non-hydrogen) atoms. The van der Waals surface area contributed by atoms with E-state index in [1.165, 1.54) is 57.8 Å². The Morgan fingerprint density at radius 2 is 1.72 bits per heavy atom. The van der Waals surface area contributed by atoms with E-state index in [2.05, 4.69) is 42.0 Å². The first-order chi connectivity index (χ1) is 22.2. The number of carbonyl (C=O) groups is 1. The second-order valence-corrected chi connectivity index (χ2v) is 14.6. The number of anilines is 1. The standard InChI is InChI=1S/C36H56F2N6O2/c1-36(2,3)18-11-9-7-5-4-6-8-10-12-22-46-27-43-20-17-30-33-31(24-41-34(30)43)35(45)42(21-19-39)26-44(33)29-15-13-28(14-16-29)23-40-25-32(37)38/h17,20,24,28-29,32,40H,4-16,18,21-23,25-27H2,1-3H3. The molecular weight excluding hydrogens is 586 g/mol. The van der Waals surface area contributed by atoms with Gasteiger partial charge in [-0.15, -0.1) is 0 Å². The van der Waals surface area contributed by atoms with Crippen LogP contribution in [-0.4, -0.2) is 65.7 Å². The lowest BCUT2D eigenvalue weighted by Crippen LogP contribution is -2.52. The molecule has 1 amide bonds. The van der Waals surface area contributed by atoms with Crippen molar-refractivity contribution in [2.24, 2.45) is 11.3 Å². The number of rotatable bonds is 19. The van der Waals surface area contributed by atoms with Gasteiger partial charge in [0, 0.05) is 30.4 Å². The lowest BCUT2D eigenvalue weighted by atomic mass is 9.84. The molecule has 8 nitrogen and oxygen atoms in total. The Bertz CT molecular complexity index is 1260. The normalized spacial score (nSPS) is 18.8. The van der Waals surface area contributed by atoms with E-state index in [9.17, 15) is 18.8 Å². The van der Waals surface area contributed by atoms with Crippen LogP contribution in [0.1, 0.15) is 121 Å². The number of nitrogens with one attached hydrogen (secondary N) is 1. The first-order valence-electron chi connectivity index (χ1n) is 17.6. The number of carbonyl (C=O) groups excluding carboxylic acids is 1. The van der Waals surface area contributed by atoms with Gasteiger partial charge in [0.1, 0.15) is 18.9 Å². The number of aromatic nitrogens is 2. The van der Waals surface area contributed by atoms with Gasteiger partial charge in [0.05, 0.1) is 30.5 Å². The molecule has 10 heteroatoms. The van der Waals surface area contributed by atoms with Gasteiger partial charge in [0.15, 0.2) is 0 Å². The number of hydrogen-bond donors (Lipinski definition) is 1. The van der Waals surface area contributed by atoms with E-state index in [0.717, 1.165) is 48.8 Å². The number of ether oxygens (including phenoxy) is 1. The van der Waals surface area contributed by atoms with Crippen LogP contribution in [0.3, 0.4) is 0 Å². The van der Waals surface area contributed by atoms with Crippen molar-refractivity contribution in [1.29, 1.82) is 5.26 Å². The number of pyridine rings is 1. The highest BCUT2D eigenvalue weighted by atomic mass is 19.3. The third-order valence-corrected chi connectivity index (χ3v) is 9.58. The maximum Gasteiger partial charge on any atom is 0.259 e. The van der Waals surface area contributed by atoms with Crippen LogP contribution in [-0.2, 0) is 11.5 Å². The summed E-state index contributed by atoms with van der Waals surface area (Å²) in [6, 6.07) is 4.35. The van der Waals surface area contributed by atoms with E-state index in [1.807, 2.05) is 16.8 Å². The molecule has 2 aromatic heterocycles. The Morgan fingerprint density at radius 3 is 2.37 bits per heavy atom. The summed E-state index contributed by atoms with van der Waals surface area (Å²) < 4.78 is 33.2. The second-order valence-electron chi connectivity index (χ2n) is 14.6. The van der Waals surface area contributed by atoms with Crippen LogP contribution in [0.2, 0.25) is 0 Å². The van der Waals surface area contributed by atoms with Gasteiger partial charge in [0.2, 0.25) is 0 Å². The topological polar surface area (TPSA) is 86.4 Å². The third-order valence-electron chi connectivity index (χ3n) is 9.58. The predicted molar refractivity (Wildman–Crippen MR) is 180 cm³/mol. The van der Waals surface area contributed by atoms with Gasteiger partial charge >= 0.3 is 0 Å². The van der Waals surface area contributed by atoms with E-state index in [1.54, 1.807) is 11.1 Å². The van der Waals surface area contributed by atoms with Crippen molar-refractivity contribution >= 4 is 22.6 Å². The number of amides is 1. The van der Waals surface area contributed by atoms with Crippen LogP contribution in [0, 0.1) is 22.7 Å². The van der Waals surface area contributed by atoms with E-state index < -0.39 is 6.43 Å².